The van der Waals surface area contributed by atoms with Gasteiger partial charge in [0.15, 0.2) is 0 Å². The van der Waals surface area contributed by atoms with Crippen molar-refractivity contribution in [2.24, 2.45) is 0 Å². The maximum atomic E-state index is 9.31. The highest BCUT2D eigenvalue weighted by Gasteiger charge is 2.05. The summed E-state index contributed by atoms with van der Waals surface area (Å²) in [5.74, 6) is 0.241. The lowest BCUT2D eigenvalue weighted by Crippen LogP contribution is -1.70. The van der Waals surface area contributed by atoms with Gasteiger partial charge in [0.05, 0.1) is 6.61 Å². The van der Waals surface area contributed by atoms with Gasteiger partial charge in [-0.2, -0.15) is 0 Å². The zero-order valence-electron chi connectivity index (χ0n) is 6.62. The van der Waals surface area contributed by atoms with Crippen molar-refractivity contribution in [3.63, 3.8) is 0 Å². The first-order chi connectivity index (χ1) is 6.20. The van der Waals surface area contributed by atoms with E-state index in [1.165, 1.54) is 11.3 Å². The summed E-state index contributed by atoms with van der Waals surface area (Å²) in [6.45, 7) is 0.0482. The van der Waals surface area contributed by atoms with Gasteiger partial charge in [0.2, 0.25) is 0 Å². The second kappa shape index (κ2) is 3.29. The molecule has 0 aliphatic rings. The Morgan fingerprint density at radius 2 is 2.08 bits per heavy atom. The molecule has 0 saturated heterocycles. The molecule has 1 heterocycles. The smallest absolute Gasteiger partial charge is 0.118 e. The molecule has 0 spiro atoms. The molecule has 0 atom stereocenters. The standard InChI is InChI=1S/C9H7BrO2S/c10-8-1-5(12)2-9-7(8)3-6(4-11)13-9/h1-3,11-12H,4H2. The molecule has 0 unspecified atom stereocenters. The highest BCUT2D eigenvalue weighted by atomic mass is 79.9. The summed E-state index contributed by atoms with van der Waals surface area (Å²) >= 11 is 4.84. The molecular weight excluding hydrogens is 252 g/mol. The van der Waals surface area contributed by atoms with Crippen molar-refractivity contribution in [2.45, 2.75) is 6.61 Å². The molecule has 2 N–H and O–H groups in total. The summed E-state index contributed by atoms with van der Waals surface area (Å²) in [5, 5.41) is 19.3. The minimum Gasteiger partial charge on any atom is -0.508 e. The van der Waals surface area contributed by atoms with Crippen LogP contribution in [0.25, 0.3) is 10.1 Å². The number of thiophene rings is 1. The fraction of sp³-hybridized carbons (Fsp3) is 0.111. The van der Waals surface area contributed by atoms with Gasteiger partial charge in [-0.15, -0.1) is 11.3 Å². The van der Waals surface area contributed by atoms with Crippen molar-refractivity contribution in [3.05, 3.63) is 27.5 Å². The van der Waals surface area contributed by atoms with E-state index in [2.05, 4.69) is 15.9 Å². The molecule has 0 aliphatic carbocycles. The third kappa shape index (κ3) is 1.57. The van der Waals surface area contributed by atoms with Crippen LogP contribution in [0.2, 0.25) is 0 Å². The maximum Gasteiger partial charge on any atom is 0.118 e. The van der Waals surface area contributed by atoms with Crippen LogP contribution in [0.4, 0.5) is 0 Å². The van der Waals surface area contributed by atoms with Crippen LogP contribution in [-0.4, -0.2) is 10.2 Å². The Labute approximate surface area is 87.6 Å². The van der Waals surface area contributed by atoms with Crippen LogP contribution in [0.3, 0.4) is 0 Å². The predicted octanol–water partition coefficient (Wildman–Crippen LogP) is 2.86. The number of benzene rings is 1. The number of phenols is 1. The average Bonchev–Trinajstić information content (AvgIpc) is 2.47. The molecule has 1 aromatic carbocycles. The lowest BCUT2D eigenvalue weighted by atomic mass is 10.2. The Morgan fingerprint density at radius 1 is 1.31 bits per heavy atom. The van der Waals surface area contributed by atoms with Crippen molar-refractivity contribution >= 4 is 37.4 Å². The number of hydrogen-bond donors (Lipinski definition) is 2. The van der Waals surface area contributed by atoms with E-state index in [0.717, 1.165) is 19.4 Å². The van der Waals surface area contributed by atoms with E-state index in [1.54, 1.807) is 12.1 Å². The number of phenolic OH excluding ortho intramolecular Hbond substituents is 1. The van der Waals surface area contributed by atoms with Crippen molar-refractivity contribution in [1.29, 1.82) is 0 Å². The van der Waals surface area contributed by atoms with Gasteiger partial charge in [0.1, 0.15) is 5.75 Å². The van der Waals surface area contributed by atoms with E-state index < -0.39 is 0 Å². The van der Waals surface area contributed by atoms with E-state index in [9.17, 15) is 5.11 Å². The van der Waals surface area contributed by atoms with E-state index in [-0.39, 0.29) is 12.4 Å². The van der Waals surface area contributed by atoms with E-state index >= 15 is 0 Å². The van der Waals surface area contributed by atoms with Gasteiger partial charge in [-0.3, -0.25) is 0 Å². The highest BCUT2D eigenvalue weighted by molar-refractivity contribution is 9.10. The molecule has 0 bridgehead atoms. The fourth-order valence-corrected chi connectivity index (χ4v) is 2.89. The monoisotopic (exact) mass is 258 g/mol. The van der Waals surface area contributed by atoms with Gasteiger partial charge in [-0.1, -0.05) is 0 Å². The second-order valence-corrected chi connectivity index (χ2v) is 4.73. The number of halogens is 1. The van der Waals surface area contributed by atoms with Gasteiger partial charge in [0, 0.05) is 19.4 Å². The lowest BCUT2D eigenvalue weighted by molar-refractivity contribution is 0.285. The number of hydrogen-bond acceptors (Lipinski definition) is 3. The summed E-state index contributed by atoms with van der Waals surface area (Å²) < 4.78 is 1.84. The molecule has 0 radical (unpaired) electrons. The molecule has 2 aromatic rings. The third-order valence-electron chi connectivity index (χ3n) is 1.78. The lowest BCUT2D eigenvalue weighted by Gasteiger charge is -1.94. The van der Waals surface area contributed by atoms with Crippen LogP contribution in [0.15, 0.2) is 22.7 Å². The molecular formula is C9H7BrO2S. The molecule has 4 heteroatoms. The molecule has 2 nitrogen and oxygen atoms in total. The van der Waals surface area contributed by atoms with Crippen molar-refractivity contribution < 1.29 is 10.2 Å². The van der Waals surface area contributed by atoms with Crippen LogP contribution in [0.5, 0.6) is 5.75 Å². The fourth-order valence-electron chi connectivity index (χ4n) is 1.21. The summed E-state index contributed by atoms with van der Waals surface area (Å²) in [4.78, 5) is 0.904. The van der Waals surface area contributed by atoms with Gasteiger partial charge in [-0.05, 0) is 34.1 Å². The molecule has 0 saturated carbocycles. The van der Waals surface area contributed by atoms with Gasteiger partial charge >= 0.3 is 0 Å². The summed E-state index contributed by atoms with van der Waals surface area (Å²) in [5.41, 5.74) is 0. The summed E-state index contributed by atoms with van der Waals surface area (Å²) in [7, 11) is 0. The van der Waals surface area contributed by atoms with Gasteiger partial charge < -0.3 is 10.2 Å². The van der Waals surface area contributed by atoms with Crippen LogP contribution in [-0.2, 0) is 6.61 Å². The molecule has 0 fully saturated rings. The van der Waals surface area contributed by atoms with E-state index in [1.807, 2.05) is 6.07 Å². The van der Waals surface area contributed by atoms with Crippen molar-refractivity contribution in [1.82, 2.24) is 0 Å². The minimum atomic E-state index is 0.0482. The Hall–Kier alpha value is -0.580. The van der Waals surface area contributed by atoms with Crippen LogP contribution in [0.1, 0.15) is 4.88 Å². The largest absolute Gasteiger partial charge is 0.508 e. The first kappa shape index (κ1) is 8.99. The zero-order valence-corrected chi connectivity index (χ0v) is 9.02. The number of aliphatic hydroxyl groups excluding tert-OH is 1. The molecule has 13 heavy (non-hydrogen) atoms. The Morgan fingerprint density at radius 3 is 2.77 bits per heavy atom. The predicted molar refractivity (Wildman–Crippen MR) is 57.1 cm³/mol. The normalized spacial score (nSPS) is 10.9. The number of fused-ring (bicyclic) bond motifs is 1. The van der Waals surface area contributed by atoms with Crippen LogP contribution in [0, 0.1) is 0 Å². The molecule has 1 aromatic heterocycles. The van der Waals surface area contributed by atoms with E-state index in [0.29, 0.717) is 0 Å². The number of aromatic hydroxyl groups is 1. The summed E-state index contributed by atoms with van der Waals surface area (Å²) in [6, 6.07) is 5.27. The van der Waals surface area contributed by atoms with Crippen LogP contribution < -0.4 is 0 Å². The molecule has 2 rings (SSSR count). The second-order valence-electron chi connectivity index (χ2n) is 2.71. The van der Waals surface area contributed by atoms with E-state index in [4.69, 9.17) is 5.11 Å². The molecule has 68 valence electrons. The average molecular weight is 259 g/mol. The Balaban J connectivity index is 2.75. The number of rotatable bonds is 1. The third-order valence-corrected chi connectivity index (χ3v) is 3.50. The number of aliphatic hydroxyl groups is 1. The highest BCUT2D eigenvalue weighted by Crippen LogP contribution is 2.34. The Kier molecular flexibility index (Phi) is 2.27. The van der Waals surface area contributed by atoms with Crippen molar-refractivity contribution in [3.8, 4) is 5.75 Å². The SMILES string of the molecule is OCc1cc2c(Br)cc(O)cc2s1. The topological polar surface area (TPSA) is 40.5 Å². The van der Waals surface area contributed by atoms with Gasteiger partial charge in [-0.25, -0.2) is 0 Å². The van der Waals surface area contributed by atoms with Gasteiger partial charge in [0.25, 0.3) is 0 Å². The maximum absolute atomic E-state index is 9.31. The van der Waals surface area contributed by atoms with Crippen LogP contribution >= 0.6 is 27.3 Å². The quantitative estimate of drug-likeness (QED) is 0.826. The zero-order chi connectivity index (χ0) is 9.42. The molecule has 0 aliphatic heterocycles. The minimum absolute atomic E-state index is 0.0482. The molecule has 0 amide bonds. The Bertz CT molecular complexity index is 450. The first-order valence-corrected chi connectivity index (χ1v) is 5.33. The van der Waals surface area contributed by atoms with Crippen molar-refractivity contribution in [2.75, 3.05) is 0 Å². The first-order valence-electron chi connectivity index (χ1n) is 3.72. The summed E-state index contributed by atoms with van der Waals surface area (Å²) in [6.07, 6.45) is 0.